The van der Waals surface area contributed by atoms with Crippen molar-refractivity contribution in [1.29, 1.82) is 0 Å². The largest absolute Gasteiger partial charge is 0.324 e. The maximum Gasteiger partial charge on any atom is 0.289 e. The molecule has 9 nitrogen and oxygen atoms in total. The highest BCUT2D eigenvalue weighted by Gasteiger charge is 2.74. The zero-order valence-corrected chi connectivity index (χ0v) is 18.3. The number of hydrogen-bond acceptors (Lipinski definition) is 6. The molecule has 168 valence electrons. The third kappa shape index (κ3) is 2.33. The lowest BCUT2D eigenvalue weighted by molar-refractivity contribution is -0.384. The number of amides is 3. The van der Waals surface area contributed by atoms with Gasteiger partial charge < -0.3 is 5.32 Å². The Bertz CT molecular complexity index is 1300. The van der Waals surface area contributed by atoms with Gasteiger partial charge in [-0.2, -0.15) is 0 Å². The number of fused-ring (bicyclic) bond motifs is 7. The van der Waals surface area contributed by atoms with Crippen LogP contribution in [0.1, 0.15) is 24.0 Å². The highest BCUT2D eigenvalue weighted by Crippen LogP contribution is 2.61. The van der Waals surface area contributed by atoms with Crippen molar-refractivity contribution >= 4 is 46.4 Å². The highest BCUT2D eigenvalue weighted by atomic mass is 35.5. The minimum atomic E-state index is -1.27. The van der Waals surface area contributed by atoms with E-state index in [0.717, 1.165) is 28.5 Å². The summed E-state index contributed by atoms with van der Waals surface area (Å²) in [4.78, 5) is 55.0. The number of halogens is 1. The van der Waals surface area contributed by atoms with Gasteiger partial charge in [-0.25, -0.2) is 4.90 Å². The number of rotatable bonds is 2. The number of benzene rings is 2. The lowest BCUT2D eigenvalue weighted by Crippen LogP contribution is -2.54. The minimum Gasteiger partial charge on any atom is -0.324 e. The van der Waals surface area contributed by atoms with Gasteiger partial charge in [0.05, 0.1) is 22.4 Å². The number of nitrogens with one attached hydrogen (secondary N) is 1. The first-order valence-electron chi connectivity index (χ1n) is 10.8. The minimum absolute atomic E-state index is 0.0824. The molecule has 2 aromatic carbocycles. The molecule has 10 heteroatoms. The Morgan fingerprint density at radius 3 is 2.73 bits per heavy atom. The number of nitrogens with zero attached hydrogens (tertiary/aromatic N) is 3. The first kappa shape index (κ1) is 20.3. The number of hydrogen-bond donors (Lipinski definition) is 1. The van der Waals surface area contributed by atoms with Crippen molar-refractivity contribution in [2.45, 2.75) is 31.3 Å². The average Bonchev–Trinajstić information content (AvgIpc) is 3.48. The lowest BCUT2D eigenvalue weighted by Gasteiger charge is -2.36. The average molecular weight is 467 g/mol. The van der Waals surface area contributed by atoms with Crippen molar-refractivity contribution in [2.24, 2.45) is 11.8 Å². The van der Waals surface area contributed by atoms with Crippen LogP contribution < -0.4 is 10.2 Å². The van der Waals surface area contributed by atoms with Gasteiger partial charge in [0.15, 0.2) is 0 Å². The monoisotopic (exact) mass is 466 g/mol. The summed E-state index contributed by atoms with van der Waals surface area (Å²) in [5, 5.41) is 14.3. The van der Waals surface area contributed by atoms with Gasteiger partial charge in [0.2, 0.25) is 17.7 Å². The lowest BCUT2D eigenvalue weighted by atomic mass is 9.75. The Hall–Kier alpha value is -3.30. The molecule has 4 unspecified atom stereocenters. The van der Waals surface area contributed by atoms with Crippen LogP contribution in [0.5, 0.6) is 0 Å². The van der Waals surface area contributed by atoms with Gasteiger partial charge in [-0.3, -0.25) is 29.4 Å². The normalized spacial score (nSPS) is 30.1. The van der Waals surface area contributed by atoms with Gasteiger partial charge in [-0.05, 0) is 44.0 Å². The molecule has 4 aliphatic heterocycles. The van der Waals surface area contributed by atoms with E-state index in [0.29, 0.717) is 18.7 Å². The molecule has 4 atom stereocenters. The van der Waals surface area contributed by atoms with E-state index in [1.54, 1.807) is 0 Å². The zero-order chi connectivity index (χ0) is 23.2. The SMILES string of the molecule is Cc1cccc2c1NC(=O)C21C2C(=O)N(c3ccc(Cl)c([N+](=O)[O-])c3)C(=O)C2C2CCCN21. The van der Waals surface area contributed by atoms with Crippen LogP contribution in [0.3, 0.4) is 0 Å². The van der Waals surface area contributed by atoms with Crippen molar-refractivity contribution in [3.8, 4) is 0 Å². The second-order valence-electron chi connectivity index (χ2n) is 9.03. The summed E-state index contributed by atoms with van der Waals surface area (Å²) in [7, 11) is 0. The molecule has 0 saturated carbocycles. The number of nitro benzene ring substituents is 1. The van der Waals surface area contributed by atoms with Gasteiger partial charge in [0, 0.05) is 23.4 Å². The van der Waals surface area contributed by atoms with Crippen molar-refractivity contribution in [3.63, 3.8) is 0 Å². The number of carbonyl (C=O) groups excluding carboxylic acids is 3. The molecule has 6 rings (SSSR count). The van der Waals surface area contributed by atoms with Crippen molar-refractivity contribution in [2.75, 3.05) is 16.8 Å². The Kier molecular flexibility index (Phi) is 4.07. The van der Waals surface area contributed by atoms with Gasteiger partial charge >= 0.3 is 0 Å². The smallest absolute Gasteiger partial charge is 0.289 e. The van der Waals surface area contributed by atoms with Crippen molar-refractivity contribution in [3.05, 3.63) is 62.7 Å². The van der Waals surface area contributed by atoms with Crippen LogP contribution in [0, 0.1) is 28.9 Å². The molecule has 3 saturated heterocycles. The summed E-state index contributed by atoms with van der Waals surface area (Å²) in [6.07, 6.45) is 1.52. The fraction of sp³-hybridized carbons (Fsp3) is 0.348. The van der Waals surface area contributed by atoms with Crippen LogP contribution in [-0.4, -0.2) is 40.1 Å². The highest BCUT2D eigenvalue weighted by molar-refractivity contribution is 6.33. The topological polar surface area (TPSA) is 113 Å². The number of para-hydroxylation sites is 1. The van der Waals surface area contributed by atoms with Crippen molar-refractivity contribution < 1.29 is 19.3 Å². The van der Waals surface area contributed by atoms with Gasteiger partial charge in [0.25, 0.3) is 5.69 Å². The van der Waals surface area contributed by atoms with Gasteiger partial charge in [-0.15, -0.1) is 0 Å². The predicted molar refractivity (Wildman–Crippen MR) is 119 cm³/mol. The molecule has 3 fully saturated rings. The molecule has 4 heterocycles. The fourth-order valence-electron chi connectivity index (χ4n) is 6.41. The molecule has 4 aliphatic rings. The summed E-state index contributed by atoms with van der Waals surface area (Å²) in [5.74, 6) is -2.85. The molecule has 0 bridgehead atoms. The number of carbonyl (C=O) groups is 3. The van der Waals surface area contributed by atoms with E-state index in [-0.39, 0.29) is 28.3 Å². The van der Waals surface area contributed by atoms with Gasteiger partial charge in [-0.1, -0.05) is 29.8 Å². The number of aryl methyl sites for hydroxylation is 1. The molecule has 1 spiro atoms. The zero-order valence-electron chi connectivity index (χ0n) is 17.6. The van der Waals surface area contributed by atoms with E-state index < -0.39 is 34.1 Å². The van der Waals surface area contributed by atoms with Crippen LogP contribution in [0.2, 0.25) is 5.02 Å². The van der Waals surface area contributed by atoms with Crippen LogP contribution >= 0.6 is 11.6 Å². The third-order valence-electron chi connectivity index (χ3n) is 7.62. The Morgan fingerprint density at radius 2 is 1.97 bits per heavy atom. The molecule has 1 N–H and O–H groups in total. The first-order chi connectivity index (χ1) is 15.8. The van der Waals surface area contributed by atoms with Gasteiger partial charge in [0.1, 0.15) is 10.6 Å². The van der Waals surface area contributed by atoms with E-state index in [1.807, 2.05) is 30.0 Å². The third-order valence-corrected chi connectivity index (χ3v) is 7.94. The first-order valence-corrected chi connectivity index (χ1v) is 11.2. The van der Waals surface area contributed by atoms with Crippen molar-refractivity contribution in [1.82, 2.24) is 4.90 Å². The van der Waals surface area contributed by atoms with Crippen LogP contribution in [-0.2, 0) is 19.9 Å². The molecule has 0 radical (unpaired) electrons. The molecule has 33 heavy (non-hydrogen) atoms. The predicted octanol–water partition coefficient (Wildman–Crippen LogP) is 2.99. The van der Waals surface area contributed by atoms with E-state index in [1.165, 1.54) is 12.1 Å². The second-order valence-corrected chi connectivity index (χ2v) is 9.44. The quantitative estimate of drug-likeness (QED) is 0.413. The second kappa shape index (κ2) is 6.61. The summed E-state index contributed by atoms with van der Waals surface area (Å²) in [6.45, 7) is 2.51. The van der Waals surface area contributed by atoms with E-state index in [9.17, 15) is 24.5 Å². The van der Waals surface area contributed by atoms with E-state index in [4.69, 9.17) is 11.6 Å². The summed E-state index contributed by atoms with van der Waals surface area (Å²) in [5.41, 5.74) is 0.736. The molecule has 0 aromatic heterocycles. The number of anilines is 2. The number of nitro groups is 1. The van der Waals surface area contributed by atoms with Crippen LogP contribution in [0.15, 0.2) is 36.4 Å². The molecular weight excluding hydrogens is 448 g/mol. The molecule has 2 aromatic rings. The van der Waals surface area contributed by atoms with E-state index in [2.05, 4.69) is 5.32 Å². The Balaban J connectivity index is 1.54. The fourth-order valence-corrected chi connectivity index (χ4v) is 6.60. The van der Waals surface area contributed by atoms with Crippen LogP contribution in [0.25, 0.3) is 0 Å². The summed E-state index contributed by atoms with van der Waals surface area (Å²) in [6, 6.07) is 9.23. The summed E-state index contributed by atoms with van der Waals surface area (Å²) < 4.78 is 0. The molecular formula is C23H19ClN4O5. The molecule has 0 aliphatic carbocycles. The van der Waals surface area contributed by atoms with E-state index >= 15 is 0 Å². The maximum atomic E-state index is 13.9. The number of imide groups is 1. The molecule has 3 amide bonds. The Labute approximate surface area is 193 Å². The Morgan fingerprint density at radius 1 is 1.18 bits per heavy atom. The maximum absolute atomic E-state index is 13.9. The van der Waals surface area contributed by atoms with Crippen LogP contribution in [0.4, 0.5) is 17.1 Å². The standard InChI is InChI=1S/C23H19ClN4O5/c1-11-4-2-5-13-19(11)25-22(31)23(13)18-17(15-6-3-9-26(15)23)20(29)27(21(18)30)12-7-8-14(24)16(10-12)28(32)33/h2,4-5,7-8,10,15,17-18H,3,6,9H2,1H3,(H,25,31). The summed E-state index contributed by atoms with van der Waals surface area (Å²) >= 11 is 5.94.